The van der Waals surface area contributed by atoms with E-state index in [4.69, 9.17) is 0 Å². The van der Waals surface area contributed by atoms with Gasteiger partial charge in [0, 0.05) is 13.1 Å². The van der Waals surface area contributed by atoms with E-state index in [-0.39, 0.29) is 6.03 Å². The van der Waals surface area contributed by atoms with Crippen molar-refractivity contribution >= 4 is 12.0 Å². The fourth-order valence-electron chi connectivity index (χ4n) is 3.34. The Morgan fingerprint density at radius 1 is 1.29 bits per heavy atom. The zero-order chi connectivity index (χ0) is 15.5. The van der Waals surface area contributed by atoms with Crippen molar-refractivity contribution in [1.82, 2.24) is 15.1 Å². The summed E-state index contributed by atoms with van der Waals surface area (Å²) >= 11 is 0. The molecule has 0 bridgehead atoms. The molecule has 2 heterocycles. The Kier molecular flexibility index (Phi) is 5.08. The predicted octanol–water partition coefficient (Wildman–Crippen LogP) is 1.37. The molecule has 1 unspecified atom stereocenters. The molecular formula is C15H27N3O3. The third-order valence-electron chi connectivity index (χ3n) is 5.01. The molecule has 0 saturated carbocycles. The quantitative estimate of drug-likeness (QED) is 0.822. The maximum Gasteiger partial charge on any atom is 0.329 e. The summed E-state index contributed by atoms with van der Waals surface area (Å²) < 4.78 is 0. The monoisotopic (exact) mass is 297 g/mol. The van der Waals surface area contributed by atoms with Crippen molar-refractivity contribution in [2.24, 2.45) is 5.92 Å². The van der Waals surface area contributed by atoms with Crippen molar-refractivity contribution in [2.45, 2.75) is 44.6 Å². The first-order valence-corrected chi connectivity index (χ1v) is 7.91. The highest BCUT2D eigenvalue weighted by Crippen LogP contribution is 2.29. The summed E-state index contributed by atoms with van der Waals surface area (Å²) in [7, 11) is 2.14. The van der Waals surface area contributed by atoms with Gasteiger partial charge >= 0.3 is 12.0 Å². The number of carboxylic acids is 1. The smallest absolute Gasteiger partial charge is 0.329 e. The van der Waals surface area contributed by atoms with Crippen molar-refractivity contribution in [3.63, 3.8) is 0 Å². The van der Waals surface area contributed by atoms with Crippen LogP contribution in [0.25, 0.3) is 0 Å². The lowest BCUT2D eigenvalue weighted by Crippen LogP contribution is -2.54. The third kappa shape index (κ3) is 3.67. The van der Waals surface area contributed by atoms with Crippen LogP contribution in [0.4, 0.5) is 4.79 Å². The van der Waals surface area contributed by atoms with Gasteiger partial charge in [0.2, 0.25) is 0 Å². The molecule has 0 aliphatic carbocycles. The van der Waals surface area contributed by atoms with Crippen LogP contribution in [-0.2, 0) is 4.79 Å². The number of piperidine rings is 1. The van der Waals surface area contributed by atoms with E-state index in [9.17, 15) is 14.7 Å². The van der Waals surface area contributed by atoms with Gasteiger partial charge in [0.15, 0.2) is 0 Å². The molecule has 1 atom stereocenters. The van der Waals surface area contributed by atoms with E-state index < -0.39 is 11.5 Å². The molecule has 6 nitrogen and oxygen atoms in total. The van der Waals surface area contributed by atoms with E-state index in [0.29, 0.717) is 25.4 Å². The molecule has 2 aliphatic rings. The molecule has 0 spiro atoms. The van der Waals surface area contributed by atoms with E-state index in [1.54, 1.807) is 6.92 Å². The lowest BCUT2D eigenvalue weighted by Gasteiger charge is -2.32. The molecule has 2 fully saturated rings. The Balaban J connectivity index is 1.76. The van der Waals surface area contributed by atoms with Gasteiger partial charge in [0.05, 0.1) is 0 Å². The lowest BCUT2D eigenvalue weighted by atomic mass is 9.94. The Morgan fingerprint density at radius 3 is 2.57 bits per heavy atom. The third-order valence-corrected chi connectivity index (χ3v) is 5.01. The van der Waals surface area contributed by atoms with E-state index in [0.717, 1.165) is 25.9 Å². The standard InChI is InChI=1S/C15H27N3O3/c1-15(13(19)20)7-3-9-18(15)14(21)16-8-4-12-5-10-17(2)11-6-12/h12H,3-11H2,1-2H3,(H,16,21)(H,19,20). The Bertz CT molecular complexity index is 394. The minimum atomic E-state index is -1.04. The predicted molar refractivity (Wildman–Crippen MR) is 80.2 cm³/mol. The number of carbonyl (C=O) groups excluding carboxylic acids is 1. The zero-order valence-electron chi connectivity index (χ0n) is 13.1. The number of hydrogen-bond donors (Lipinski definition) is 2. The average molecular weight is 297 g/mol. The summed E-state index contributed by atoms with van der Waals surface area (Å²) in [5.74, 6) is -0.239. The molecule has 120 valence electrons. The minimum absolute atomic E-state index is 0.231. The second kappa shape index (κ2) is 6.64. The van der Waals surface area contributed by atoms with Crippen LogP contribution in [-0.4, -0.2) is 65.7 Å². The number of aliphatic carboxylic acids is 1. The highest BCUT2D eigenvalue weighted by Gasteiger charge is 2.45. The van der Waals surface area contributed by atoms with Crippen LogP contribution < -0.4 is 5.32 Å². The van der Waals surface area contributed by atoms with Crippen molar-refractivity contribution in [2.75, 3.05) is 33.2 Å². The lowest BCUT2D eigenvalue weighted by molar-refractivity contribution is -0.147. The fraction of sp³-hybridized carbons (Fsp3) is 0.867. The maximum absolute atomic E-state index is 12.2. The van der Waals surface area contributed by atoms with Crippen LogP contribution >= 0.6 is 0 Å². The number of urea groups is 1. The largest absolute Gasteiger partial charge is 0.480 e. The molecule has 0 radical (unpaired) electrons. The van der Waals surface area contributed by atoms with E-state index in [2.05, 4.69) is 17.3 Å². The summed E-state index contributed by atoms with van der Waals surface area (Å²) in [6.07, 6.45) is 4.64. The van der Waals surface area contributed by atoms with Crippen LogP contribution in [0.3, 0.4) is 0 Å². The highest BCUT2D eigenvalue weighted by molar-refractivity contribution is 5.86. The number of nitrogens with one attached hydrogen (secondary N) is 1. The van der Waals surface area contributed by atoms with Gasteiger partial charge in [-0.05, 0) is 65.1 Å². The number of hydrogen-bond acceptors (Lipinski definition) is 3. The van der Waals surface area contributed by atoms with Crippen LogP contribution in [0.2, 0.25) is 0 Å². The zero-order valence-corrected chi connectivity index (χ0v) is 13.1. The number of nitrogens with zero attached hydrogens (tertiary/aromatic N) is 2. The Labute approximate surface area is 126 Å². The number of carbonyl (C=O) groups is 2. The fourth-order valence-corrected chi connectivity index (χ4v) is 3.34. The van der Waals surface area contributed by atoms with E-state index >= 15 is 0 Å². The molecule has 2 aliphatic heterocycles. The van der Waals surface area contributed by atoms with Gasteiger partial charge in [-0.3, -0.25) is 0 Å². The highest BCUT2D eigenvalue weighted by atomic mass is 16.4. The molecule has 0 aromatic heterocycles. The molecule has 0 aromatic rings. The van der Waals surface area contributed by atoms with Gasteiger partial charge in [0.25, 0.3) is 0 Å². The molecule has 2 saturated heterocycles. The number of amides is 2. The number of carboxylic acid groups (broad SMARTS) is 1. The van der Waals surface area contributed by atoms with Crippen molar-refractivity contribution in [1.29, 1.82) is 0 Å². The SMILES string of the molecule is CN1CCC(CCNC(=O)N2CCCC2(C)C(=O)O)CC1. The van der Waals surface area contributed by atoms with E-state index in [1.807, 2.05) is 0 Å². The summed E-state index contributed by atoms with van der Waals surface area (Å²) in [6.45, 7) is 5.06. The van der Waals surface area contributed by atoms with Crippen molar-refractivity contribution in [3.05, 3.63) is 0 Å². The first kappa shape index (κ1) is 16.1. The first-order valence-electron chi connectivity index (χ1n) is 7.91. The van der Waals surface area contributed by atoms with Gasteiger partial charge in [-0.25, -0.2) is 9.59 Å². The second-order valence-electron chi connectivity index (χ2n) is 6.60. The van der Waals surface area contributed by atoms with Crippen LogP contribution in [0.1, 0.15) is 39.0 Å². The Hall–Kier alpha value is -1.30. The Morgan fingerprint density at radius 2 is 1.95 bits per heavy atom. The van der Waals surface area contributed by atoms with Gasteiger partial charge in [-0.15, -0.1) is 0 Å². The molecule has 0 aromatic carbocycles. The summed E-state index contributed by atoms with van der Waals surface area (Å²) in [5.41, 5.74) is -1.04. The normalized spacial score (nSPS) is 27.8. The first-order chi connectivity index (χ1) is 9.93. The van der Waals surface area contributed by atoms with Gasteiger partial charge < -0.3 is 20.2 Å². The molecular weight excluding hydrogens is 270 g/mol. The van der Waals surface area contributed by atoms with Crippen molar-refractivity contribution < 1.29 is 14.7 Å². The maximum atomic E-state index is 12.2. The molecule has 2 amide bonds. The summed E-state index contributed by atoms with van der Waals surface area (Å²) in [6, 6.07) is -0.231. The minimum Gasteiger partial charge on any atom is -0.480 e. The van der Waals surface area contributed by atoms with Crippen molar-refractivity contribution in [3.8, 4) is 0 Å². The molecule has 2 rings (SSSR count). The molecule has 21 heavy (non-hydrogen) atoms. The van der Waals surface area contributed by atoms with Crippen LogP contribution in [0, 0.1) is 5.92 Å². The van der Waals surface area contributed by atoms with Gasteiger partial charge in [-0.1, -0.05) is 0 Å². The van der Waals surface area contributed by atoms with E-state index in [1.165, 1.54) is 17.7 Å². The number of rotatable bonds is 4. The van der Waals surface area contributed by atoms with Crippen LogP contribution in [0.5, 0.6) is 0 Å². The molecule has 2 N–H and O–H groups in total. The van der Waals surface area contributed by atoms with Crippen LogP contribution in [0.15, 0.2) is 0 Å². The summed E-state index contributed by atoms with van der Waals surface area (Å²) in [4.78, 5) is 27.4. The molecule has 6 heteroatoms. The topological polar surface area (TPSA) is 72.9 Å². The number of likely N-dealkylation sites (tertiary alicyclic amines) is 2. The van der Waals surface area contributed by atoms with Gasteiger partial charge in [0.1, 0.15) is 5.54 Å². The second-order valence-corrected chi connectivity index (χ2v) is 6.60. The average Bonchev–Trinajstić information content (AvgIpc) is 2.84. The summed E-state index contributed by atoms with van der Waals surface area (Å²) in [5, 5.41) is 12.2. The van der Waals surface area contributed by atoms with Gasteiger partial charge in [-0.2, -0.15) is 0 Å².